The lowest BCUT2D eigenvalue weighted by atomic mass is 9.69. The Morgan fingerprint density at radius 2 is 1.89 bits per heavy atom. The second-order valence-electron chi connectivity index (χ2n) is 7.72. The van der Waals surface area contributed by atoms with Crippen molar-refractivity contribution in [3.05, 3.63) is 23.8 Å². The first-order valence-electron chi connectivity index (χ1n) is 8.01. The molecule has 4 bridgehead atoms. The molecule has 0 aromatic carbocycles. The van der Waals surface area contributed by atoms with Crippen LogP contribution in [0, 0.1) is 35.0 Å². The first-order chi connectivity index (χ1) is 8.59. The maximum Gasteiger partial charge on any atom is 0.00938 e. The molecule has 4 fully saturated rings. The summed E-state index contributed by atoms with van der Waals surface area (Å²) in [5.74, 6) is 4.58. The smallest absolute Gasteiger partial charge is 0.00938 e. The van der Waals surface area contributed by atoms with Crippen molar-refractivity contribution in [2.75, 3.05) is 0 Å². The normalized spacial score (nSPS) is 56.0. The van der Waals surface area contributed by atoms with Gasteiger partial charge in [-0.05, 0) is 68.1 Å². The van der Waals surface area contributed by atoms with Crippen molar-refractivity contribution in [3.8, 4) is 0 Å². The fraction of sp³-hybridized carbons (Fsp3) is 0.778. The van der Waals surface area contributed by atoms with Gasteiger partial charge in [0.15, 0.2) is 0 Å². The second-order valence-corrected chi connectivity index (χ2v) is 7.72. The Hall–Kier alpha value is -0.520. The maximum atomic E-state index is 4.47. The summed E-state index contributed by atoms with van der Waals surface area (Å²) in [6.07, 6.45) is 11.5. The average Bonchev–Trinajstić information content (AvgIpc) is 3.07. The van der Waals surface area contributed by atoms with Gasteiger partial charge < -0.3 is 0 Å². The molecule has 4 saturated carbocycles. The van der Waals surface area contributed by atoms with E-state index in [2.05, 4.69) is 26.5 Å². The van der Waals surface area contributed by atoms with Gasteiger partial charge in [-0.25, -0.2) is 0 Å². The zero-order chi connectivity index (χ0) is 12.5. The van der Waals surface area contributed by atoms with Crippen molar-refractivity contribution in [1.29, 1.82) is 0 Å². The molecule has 0 spiro atoms. The van der Waals surface area contributed by atoms with Crippen molar-refractivity contribution in [1.82, 2.24) is 0 Å². The third-order valence-electron chi connectivity index (χ3n) is 7.11. The molecule has 0 aliphatic heterocycles. The topological polar surface area (TPSA) is 0 Å². The van der Waals surface area contributed by atoms with E-state index in [1.807, 2.05) is 5.57 Å². The fourth-order valence-electron chi connectivity index (χ4n) is 5.77. The van der Waals surface area contributed by atoms with E-state index >= 15 is 0 Å². The zero-order valence-corrected chi connectivity index (χ0v) is 11.9. The minimum Gasteiger partial charge on any atom is -0.0987 e. The van der Waals surface area contributed by atoms with Crippen molar-refractivity contribution in [2.24, 2.45) is 35.0 Å². The van der Waals surface area contributed by atoms with Gasteiger partial charge in [0.05, 0.1) is 0 Å². The number of allylic oxidation sites excluding steroid dienone is 3. The number of hydrogen-bond acceptors (Lipinski definition) is 0. The van der Waals surface area contributed by atoms with Crippen LogP contribution in [0.3, 0.4) is 0 Å². The molecule has 6 atom stereocenters. The van der Waals surface area contributed by atoms with Crippen LogP contribution in [0.2, 0.25) is 0 Å². The quantitative estimate of drug-likeness (QED) is 0.569. The molecule has 0 nitrogen and oxygen atoms in total. The van der Waals surface area contributed by atoms with Crippen LogP contribution in [0.4, 0.5) is 0 Å². The van der Waals surface area contributed by atoms with Gasteiger partial charge in [0.2, 0.25) is 0 Å². The van der Waals surface area contributed by atoms with Crippen LogP contribution in [0.15, 0.2) is 23.8 Å². The van der Waals surface area contributed by atoms with E-state index in [4.69, 9.17) is 0 Å². The minimum absolute atomic E-state index is 0.358. The molecule has 0 aromatic heterocycles. The van der Waals surface area contributed by atoms with Crippen LogP contribution in [-0.4, -0.2) is 0 Å². The lowest BCUT2D eigenvalue weighted by molar-refractivity contribution is 0.323. The zero-order valence-electron chi connectivity index (χ0n) is 11.9. The van der Waals surface area contributed by atoms with Crippen LogP contribution in [-0.2, 0) is 0 Å². The number of hydrogen-bond donors (Lipinski definition) is 0. The number of rotatable bonds is 1. The Balaban J connectivity index is 1.70. The summed E-state index contributed by atoms with van der Waals surface area (Å²) in [5, 5.41) is 0. The summed E-state index contributed by atoms with van der Waals surface area (Å²) in [5.41, 5.74) is 3.75. The highest BCUT2D eigenvalue weighted by Crippen LogP contribution is 2.61. The molecule has 0 radical (unpaired) electrons. The largest absolute Gasteiger partial charge is 0.0987 e. The summed E-state index contributed by atoms with van der Waals surface area (Å²) in [4.78, 5) is 0. The molecular formula is C18H26. The standard InChI is InChI=1S/C18H26/c1-11-13-4-5-15(8-13)17(11)10-18(3)12(2)14-6-7-16(18)9-14/h10-11,13-16H,2,4-9H2,1,3H3. The highest BCUT2D eigenvalue weighted by atomic mass is 14.6. The minimum atomic E-state index is 0.358. The second kappa shape index (κ2) is 3.52. The van der Waals surface area contributed by atoms with Crippen LogP contribution in [0.5, 0.6) is 0 Å². The highest BCUT2D eigenvalue weighted by Gasteiger charge is 2.51. The van der Waals surface area contributed by atoms with E-state index in [9.17, 15) is 0 Å². The molecule has 0 saturated heterocycles. The third kappa shape index (κ3) is 1.27. The van der Waals surface area contributed by atoms with Crippen LogP contribution >= 0.6 is 0 Å². The van der Waals surface area contributed by atoms with E-state index in [0.717, 1.165) is 29.6 Å². The third-order valence-corrected chi connectivity index (χ3v) is 7.11. The molecular weight excluding hydrogens is 216 g/mol. The summed E-state index contributed by atoms with van der Waals surface area (Å²) in [7, 11) is 0. The molecule has 4 aliphatic carbocycles. The molecule has 18 heavy (non-hydrogen) atoms. The first kappa shape index (κ1) is 11.3. The fourth-order valence-corrected chi connectivity index (χ4v) is 5.77. The molecule has 0 heterocycles. The van der Waals surface area contributed by atoms with Crippen molar-refractivity contribution < 1.29 is 0 Å². The molecule has 0 heteroatoms. The average molecular weight is 242 g/mol. The van der Waals surface area contributed by atoms with Gasteiger partial charge in [-0.15, -0.1) is 0 Å². The van der Waals surface area contributed by atoms with Gasteiger partial charge in [-0.3, -0.25) is 0 Å². The summed E-state index contributed by atoms with van der Waals surface area (Å²) >= 11 is 0. The van der Waals surface area contributed by atoms with Gasteiger partial charge in [0, 0.05) is 5.41 Å². The molecule has 0 aromatic rings. The van der Waals surface area contributed by atoms with Gasteiger partial charge in [-0.1, -0.05) is 37.6 Å². The summed E-state index contributed by atoms with van der Waals surface area (Å²) in [6, 6.07) is 0. The lowest BCUT2D eigenvalue weighted by Crippen LogP contribution is -2.26. The summed E-state index contributed by atoms with van der Waals surface area (Å²) < 4.78 is 0. The SMILES string of the molecule is C=C1C2CCC(C2)C1(C)C=C1C2CCC(C2)C1C. The molecule has 4 rings (SSSR count). The Kier molecular flexibility index (Phi) is 2.22. The van der Waals surface area contributed by atoms with Crippen molar-refractivity contribution >= 4 is 0 Å². The van der Waals surface area contributed by atoms with Crippen molar-refractivity contribution in [2.45, 2.75) is 52.4 Å². The first-order valence-corrected chi connectivity index (χ1v) is 8.01. The van der Waals surface area contributed by atoms with Crippen molar-refractivity contribution in [3.63, 3.8) is 0 Å². The lowest BCUT2D eigenvalue weighted by Gasteiger charge is -2.36. The van der Waals surface area contributed by atoms with Crippen LogP contribution in [0.25, 0.3) is 0 Å². The Labute approximate surface area is 112 Å². The van der Waals surface area contributed by atoms with Crippen LogP contribution in [0.1, 0.15) is 52.4 Å². The van der Waals surface area contributed by atoms with E-state index in [1.54, 1.807) is 5.57 Å². The van der Waals surface area contributed by atoms with Gasteiger partial charge >= 0.3 is 0 Å². The summed E-state index contributed by atoms with van der Waals surface area (Å²) in [6.45, 7) is 9.45. The Morgan fingerprint density at radius 3 is 2.50 bits per heavy atom. The van der Waals surface area contributed by atoms with E-state index < -0.39 is 0 Å². The molecule has 6 unspecified atom stereocenters. The van der Waals surface area contributed by atoms with Gasteiger partial charge in [0.25, 0.3) is 0 Å². The van der Waals surface area contributed by atoms with Gasteiger partial charge in [0.1, 0.15) is 0 Å². The van der Waals surface area contributed by atoms with Crippen LogP contribution < -0.4 is 0 Å². The Bertz CT molecular complexity index is 425. The Morgan fingerprint density at radius 1 is 1.11 bits per heavy atom. The maximum absolute atomic E-state index is 4.47. The molecule has 0 amide bonds. The number of fused-ring (bicyclic) bond motifs is 4. The van der Waals surface area contributed by atoms with E-state index in [0.29, 0.717) is 5.41 Å². The van der Waals surface area contributed by atoms with E-state index in [-0.39, 0.29) is 0 Å². The van der Waals surface area contributed by atoms with E-state index in [1.165, 1.54) is 38.5 Å². The predicted molar refractivity (Wildman–Crippen MR) is 76.2 cm³/mol. The molecule has 98 valence electrons. The molecule has 4 aliphatic rings. The predicted octanol–water partition coefficient (Wildman–Crippen LogP) is 4.97. The monoisotopic (exact) mass is 242 g/mol. The highest BCUT2D eigenvalue weighted by molar-refractivity contribution is 5.35. The van der Waals surface area contributed by atoms with Gasteiger partial charge in [-0.2, -0.15) is 0 Å². The molecule has 0 N–H and O–H groups in total.